The molecule has 0 aromatic heterocycles. The first-order chi connectivity index (χ1) is 16.5. The van der Waals surface area contributed by atoms with Crippen LogP contribution in [0.25, 0.3) is 10.8 Å². The van der Waals surface area contributed by atoms with Gasteiger partial charge in [-0.3, -0.25) is 0 Å². The van der Waals surface area contributed by atoms with Crippen LogP contribution in [0.4, 0.5) is 8.78 Å². The maximum absolute atomic E-state index is 15.2. The minimum absolute atomic E-state index is 0.0975. The molecule has 0 bridgehead atoms. The van der Waals surface area contributed by atoms with Crippen LogP contribution < -0.4 is 0 Å². The Morgan fingerprint density at radius 3 is 2.44 bits per heavy atom. The minimum atomic E-state index is -0.448. The molecule has 0 aliphatic carbocycles. The fourth-order valence-corrected chi connectivity index (χ4v) is 4.73. The fraction of sp³-hybridized carbons (Fsp3) is 0.448. The monoisotopic (exact) mass is 486 g/mol. The second kappa shape index (κ2) is 12.1. The molecule has 0 N–H and O–H groups in total. The summed E-state index contributed by atoms with van der Waals surface area (Å²) in [6, 6.07) is 14.1. The second-order valence-electron chi connectivity index (χ2n) is 9.34. The van der Waals surface area contributed by atoms with Gasteiger partial charge in [-0.15, -0.1) is 0 Å². The number of halogens is 3. The number of benzene rings is 3. The van der Waals surface area contributed by atoms with Gasteiger partial charge in [0.15, 0.2) is 6.29 Å². The van der Waals surface area contributed by atoms with Gasteiger partial charge in [0.2, 0.25) is 0 Å². The molecule has 5 heteroatoms. The first kappa shape index (κ1) is 25.1. The minimum Gasteiger partial charge on any atom is -0.348 e. The first-order valence-electron chi connectivity index (χ1n) is 12.4. The molecule has 182 valence electrons. The number of hydrogen-bond donors (Lipinski definition) is 0. The topological polar surface area (TPSA) is 18.5 Å². The summed E-state index contributed by atoms with van der Waals surface area (Å²) in [5, 5.41) is 1.49. The van der Waals surface area contributed by atoms with Gasteiger partial charge >= 0.3 is 0 Å². The molecule has 1 aliphatic heterocycles. The number of ether oxygens (including phenoxy) is 2. The standard InChI is InChI=1S/C29H33ClF2O2/c1-2-3-4-5-6-7-21-18-33-29(34-19-21)24-13-14-25-23(17-24)12-11-22(28(25)32)10-8-20-9-15-26(30)27(31)16-20/h9,11-17,21,29H,2-8,10,18-19H2,1H3. The summed E-state index contributed by atoms with van der Waals surface area (Å²) in [5.74, 6) is -0.226. The summed E-state index contributed by atoms with van der Waals surface area (Å²) in [4.78, 5) is 0. The molecule has 34 heavy (non-hydrogen) atoms. The predicted octanol–water partition coefficient (Wildman–Crippen LogP) is 8.58. The van der Waals surface area contributed by atoms with Crippen LogP contribution in [0, 0.1) is 17.6 Å². The van der Waals surface area contributed by atoms with Crippen molar-refractivity contribution in [1.82, 2.24) is 0 Å². The summed E-state index contributed by atoms with van der Waals surface area (Å²) in [6.07, 6.45) is 8.16. The lowest BCUT2D eigenvalue weighted by Gasteiger charge is -2.30. The summed E-state index contributed by atoms with van der Waals surface area (Å²) >= 11 is 5.75. The van der Waals surface area contributed by atoms with E-state index in [0.717, 1.165) is 22.9 Å². The molecule has 0 saturated carbocycles. The highest BCUT2D eigenvalue weighted by Gasteiger charge is 2.23. The van der Waals surface area contributed by atoms with Crippen LogP contribution in [-0.2, 0) is 22.3 Å². The van der Waals surface area contributed by atoms with Crippen molar-refractivity contribution in [2.24, 2.45) is 5.92 Å². The highest BCUT2D eigenvalue weighted by atomic mass is 35.5. The van der Waals surface area contributed by atoms with Gasteiger partial charge in [0.25, 0.3) is 0 Å². The third-order valence-electron chi connectivity index (χ3n) is 6.68. The van der Waals surface area contributed by atoms with Crippen molar-refractivity contribution >= 4 is 22.4 Å². The molecule has 4 rings (SSSR count). The van der Waals surface area contributed by atoms with Crippen LogP contribution in [0.15, 0.2) is 48.5 Å². The molecular formula is C29H33ClF2O2. The molecule has 0 unspecified atom stereocenters. The van der Waals surface area contributed by atoms with Gasteiger partial charge in [-0.05, 0) is 54.0 Å². The van der Waals surface area contributed by atoms with Crippen LogP contribution in [0.3, 0.4) is 0 Å². The molecular weight excluding hydrogens is 454 g/mol. The summed E-state index contributed by atoms with van der Waals surface area (Å²) in [5.41, 5.74) is 2.32. The zero-order valence-corrected chi connectivity index (χ0v) is 20.6. The Morgan fingerprint density at radius 1 is 0.882 bits per heavy atom. The number of hydrogen-bond acceptors (Lipinski definition) is 2. The normalized spacial score (nSPS) is 18.5. The van der Waals surface area contributed by atoms with Crippen molar-refractivity contribution in [3.8, 4) is 0 Å². The van der Waals surface area contributed by atoms with Gasteiger partial charge in [0.1, 0.15) is 11.6 Å². The number of rotatable bonds is 10. The van der Waals surface area contributed by atoms with E-state index in [1.165, 1.54) is 44.2 Å². The molecule has 0 atom stereocenters. The van der Waals surface area contributed by atoms with E-state index in [1.807, 2.05) is 24.3 Å². The lowest BCUT2D eigenvalue weighted by Crippen LogP contribution is -2.27. The van der Waals surface area contributed by atoms with Crippen LogP contribution >= 0.6 is 11.6 Å². The molecule has 0 radical (unpaired) electrons. The van der Waals surface area contributed by atoms with E-state index in [9.17, 15) is 4.39 Å². The van der Waals surface area contributed by atoms with Gasteiger partial charge in [0.05, 0.1) is 18.2 Å². The quantitative estimate of drug-likeness (QED) is 0.267. The van der Waals surface area contributed by atoms with E-state index in [0.29, 0.717) is 42.9 Å². The van der Waals surface area contributed by atoms with Gasteiger partial charge in [-0.1, -0.05) is 81.0 Å². The van der Waals surface area contributed by atoms with Crippen LogP contribution in [-0.4, -0.2) is 13.2 Å². The summed E-state index contributed by atoms with van der Waals surface area (Å²) in [7, 11) is 0. The summed E-state index contributed by atoms with van der Waals surface area (Å²) in [6.45, 7) is 3.64. The summed E-state index contributed by atoms with van der Waals surface area (Å²) < 4.78 is 40.9. The van der Waals surface area contributed by atoms with Crippen molar-refractivity contribution in [2.75, 3.05) is 13.2 Å². The average molecular weight is 487 g/mol. The smallest absolute Gasteiger partial charge is 0.183 e. The number of fused-ring (bicyclic) bond motifs is 1. The fourth-order valence-electron chi connectivity index (χ4n) is 4.61. The Bertz CT molecular complexity index is 1090. The van der Waals surface area contributed by atoms with E-state index in [-0.39, 0.29) is 10.8 Å². The third kappa shape index (κ3) is 6.35. The molecule has 1 heterocycles. The van der Waals surface area contributed by atoms with Crippen molar-refractivity contribution in [3.63, 3.8) is 0 Å². The van der Waals surface area contributed by atoms with E-state index in [4.69, 9.17) is 21.1 Å². The van der Waals surface area contributed by atoms with Crippen LogP contribution in [0.1, 0.15) is 68.4 Å². The Morgan fingerprint density at radius 2 is 1.68 bits per heavy atom. The zero-order valence-electron chi connectivity index (χ0n) is 19.8. The lowest BCUT2D eigenvalue weighted by atomic mass is 9.98. The maximum Gasteiger partial charge on any atom is 0.183 e. The molecule has 0 spiro atoms. The SMILES string of the molecule is CCCCCCCC1COC(c2ccc3c(F)c(CCc4ccc(Cl)c(F)c4)ccc3c2)OC1. The molecule has 2 nitrogen and oxygen atoms in total. The Labute approximate surface area is 206 Å². The van der Waals surface area contributed by atoms with Crippen LogP contribution in [0.5, 0.6) is 0 Å². The molecule has 0 amide bonds. The second-order valence-corrected chi connectivity index (χ2v) is 9.74. The molecule has 1 aliphatic rings. The zero-order chi connectivity index (χ0) is 23.9. The van der Waals surface area contributed by atoms with E-state index in [2.05, 4.69) is 6.92 Å². The molecule has 3 aromatic rings. The Hall–Kier alpha value is -2.01. The van der Waals surface area contributed by atoms with Gasteiger partial charge in [-0.2, -0.15) is 0 Å². The van der Waals surface area contributed by atoms with Crippen molar-refractivity contribution in [3.05, 3.63) is 81.9 Å². The number of unbranched alkanes of at least 4 members (excludes halogenated alkanes) is 4. The van der Waals surface area contributed by atoms with Gasteiger partial charge in [0, 0.05) is 16.9 Å². The van der Waals surface area contributed by atoms with E-state index >= 15 is 4.39 Å². The van der Waals surface area contributed by atoms with E-state index < -0.39 is 12.1 Å². The van der Waals surface area contributed by atoms with Crippen LogP contribution in [0.2, 0.25) is 5.02 Å². The largest absolute Gasteiger partial charge is 0.348 e. The average Bonchev–Trinajstić information content (AvgIpc) is 2.86. The molecule has 1 fully saturated rings. The van der Waals surface area contributed by atoms with Crippen molar-refractivity contribution in [1.29, 1.82) is 0 Å². The van der Waals surface area contributed by atoms with Gasteiger partial charge in [-0.25, -0.2) is 8.78 Å². The van der Waals surface area contributed by atoms with Crippen molar-refractivity contribution < 1.29 is 18.3 Å². The first-order valence-corrected chi connectivity index (χ1v) is 12.8. The van der Waals surface area contributed by atoms with E-state index in [1.54, 1.807) is 12.1 Å². The third-order valence-corrected chi connectivity index (χ3v) is 6.99. The van der Waals surface area contributed by atoms with Crippen molar-refractivity contribution in [2.45, 2.75) is 64.6 Å². The highest BCUT2D eigenvalue weighted by Crippen LogP contribution is 2.31. The number of aryl methyl sites for hydroxylation is 2. The van der Waals surface area contributed by atoms with Gasteiger partial charge < -0.3 is 9.47 Å². The Balaban J connectivity index is 1.35. The lowest BCUT2D eigenvalue weighted by molar-refractivity contribution is -0.206. The predicted molar refractivity (Wildman–Crippen MR) is 134 cm³/mol. The highest BCUT2D eigenvalue weighted by molar-refractivity contribution is 6.30. The maximum atomic E-state index is 15.2. The molecule has 1 saturated heterocycles. The molecule has 3 aromatic carbocycles. The Kier molecular flexibility index (Phi) is 8.93.